The average Bonchev–Trinajstić information content (AvgIpc) is 3.47. The number of pyridine rings is 2. The lowest BCUT2D eigenvalue weighted by molar-refractivity contribution is -0.137. The van der Waals surface area contributed by atoms with Crippen molar-refractivity contribution in [3.05, 3.63) is 64.5 Å². The molecular formula is C24H23F3N4O3. The summed E-state index contributed by atoms with van der Waals surface area (Å²) in [5, 5.41) is 0.801. The van der Waals surface area contributed by atoms with Crippen molar-refractivity contribution < 1.29 is 27.4 Å². The van der Waals surface area contributed by atoms with Gasteiger partial charge in [0.05, 0.1) is 48.7 Å². The van der Waals surface area contributed by atoms with Crippen molar-refractivity contribution >= 4 is 22.6 Å². The van der Waals surface area contributed by atoms with Crippen LogP contribution < -0.4 is 5.73 Å². The second-order valence-electron chi connectivity index (χ2n) is 8.56. The Labute approximate surface area is 193 Å². The molecule has 0 bridgehead atoms. The number of hydrogen-bond acceptors (Lipinski definition) is 6. The molecule has 2 aromatic heterocycles. The number of hydrogen-bond donors (Lipinski definition) is 1. The van der Waals surface area contributed by atoms with Crippen LogP contribution in [-0.2, 0) is 28.8 Å². The number of alkyl halides is 3. The number of aromatic nitrogens is 2. The van der Waals surface area contributed by atoms with Gasteiger partial charge in [-0.25, -0.2) is 4.98 Å². The van der Waals surface area contributed by atoms with Crippen molar-refractivity contribution in [2.24, 2.45) is 0 Å². The van der Waals surface area contributed by atoms with Crippen molar-refractivity contribution in [3.63, 3.8) is 0 Å². The van der Waals surface area contributed by atoms with Crippen LogP contribution in [0.25, 0.3) is 10.9 Å². The number of fused-ring (bicyclic) bond motifs is 3. The van der Waals surface area contributed by atoms with Crippen LogP contribution in [0.5, 0.6) is 0 Å². The molecule has 1 fully saturated rings. The molecule has 3 aromatic rings. The molecule has 1 saturated heterocycles. The van der Waals surface area contributed by atoms with Gasteiger partial charge in [0.25, 0.3) is 5.91 Å². The number of ether oxygens (including phenoxy) is 2. The number of anilines is 1. The molecule has 5 rings (SSSR count). The van der Waals surface area contributed by atoms with Gasteiger partial charge in [0.2, 0.25) is 0 Å². The standard InChI is InChI=1S/C24H23F3N4O3/c1-13-21-19(12-34-13)18-8-14(2-5-20(18)30-22(21)28)23(32)31(17-6-7-33-11-17)10-16-4-3-15(9-29-16)24(25,26)27/h2-5,8-9,13,17H,6-7,10-12H2,1H3,(H2,28,30)/t13-,17+/m1/s1. The monoisotopic (exact) mass is 472 g/mol. The van der Waals surface area contributed by atoms with Gasteiger partial charge in [0, 0.05) is 29.3 Å². The summed E-state index contributed by atoms with van der Waals surface area (Å²) in [5.41, 5.74) is 8.54. The van der Waals surface area contributed by atoms with Gasteiger partial charge in [-0.05, 0) is 49.2 Å². The summed E-state index contributed by atoms with van der Waals surface area (Å²) in [7, 11) is 0. The first-order chi connectivity index (χ1) is 16.2. The van der Waals surface area contributed by atoms with Gasteiger partial charge in [0.15, 0.2) is 0 Å². The Balaban J connectivity index is 1.48. The molecule has 2 aliphatic rings. The second-order valence-corrected chi connectivity index (χ2v) is 8.56. The topological polar surface area (TPSA) is 90.6 Å². The minimum Gasteiger partial charge on any atom is -0.383 e. The van der Waals surface area contributed by atoms with Crippen LogP contribution in [0.2, 0.25) is 0 Å². The predicted octanol–water partition coefficient (Wildman–Crippen LogP) is 4.25. The van der Waals surface area contributed by atoms with E-state index in [1.807, 2.05) is 6.92 Å². The zero-order valence-corrected chi connectivity index (χ0v) is 18.4. The number of halogens is 3. The van der Waals surface area contributed by atoms with E-state index in [4.69, 9.17) is 15.2 Å². The van der Waals surface area contributed by atoms with E-state index >= 15 is 0 Å². The third-order valence-corrected chi connectivity index (χ3v) is 6.39. The molecule has 34 heavy (non-hydrogen) atoms. The normalized spacial score (nSPS) is 20.0. The summed E-state index contributed by atoms with van der Waals surface area (Å²) in [6, 6.07) is 7.30. The molecule has 1 aromatic carbocycles. The fourth-order valence-electron chi connectivity index (χ4n) is 4.56. The summed E-state index contributed by atoms with van der Waals surface area (Å²) in [6.07, 6.45) is -3.22. The molecule has 0 saturated carbocycles. The van der Waals surface area contributed by atoms with Crippen LogP contribution in [0.4, 0.5) is 19.0 Å². The van der Waals surface area contributed by atoms with Crippen LogP contribution in [0.15, 0.2) is 36.5 Å². The van der Waals surface area contributed by atoms with Crippen molar-refractivity contribution in [1.82, 2.24) is 14.9 Å². The van der Waals surface area contributed by atoms with Gasteiger partial charge in [-0.1, -0.05) is 0 Å². The lowest BCUT2D eigenvalue weighted by Crippen LogP contribution is -2.40. The van der Waals surface area contributed by atoms with Crippen molar-refractivity contribution in [2.45, 2.75) is 44.8 Å². The Morgan fingerprint density at radius 1 is 1.26 bits per heavy atom. The number of benzene rings is 1. The molecule has 0 radical (unpaired) electrons. The van der Waals surface area contributed by atoms with Gasteiger partial charge in [-0.3, -0.25) is 9.78 Å². The van der Waals surface area contributed by atoms with Crippen molar-refractivity contribution in [2.75, 3.05) is 18.9 Å². The van der Waals surface area contributed by atoms with E-state index in [0.717, 1.165) is 28.8 Å². The average molecular weight is 472 g/mol. The lowest BCUT2D eigenvalue weighted by atomic mass is 9.99. The van der Waals surface area contributed by atoms with Crippen molar-refractivity contribution in [1.29, 1.82) is 0 Å². The number of amides is 1. The lowest BCUT2D eigenvalue weighted by Gasteiger charge is -2.28. The first-order valence-electron chi connectivity index (χ1n) is 11.0. The highest BCUT2D eigenvalue weighted by atomic mass is 19.4. The summed E-state index contributed by atoms with van der Waals surface area (Å²) in [5.74, 6) is 0.168. The molecule has 2 aliphatic heterocycles. The molecule has 2 N–H and O–H groups in total. The Bertz CT molecular complexity index is 1240. The molecule has 0 spiro atoms. The maximum Gasteiger partial charge on any atom is 0.417 e. The molecular weight excluding hydrogens is 449 g/mol. The summed E-state index contributed by atoms with van der Waals surface area (Å²) < 4.78 is 49.9. The molecule has 7 nitrogen and oxygen atoms in total. The number of nitrogen functional groups attached to an aromatic ring is 1. The summed E-state index contributed by atoms with van der Waals surface area (Å²) in [6.45, 7) is 3.23. The highest BCUT2D eigenvalue weighted by molar-refractivity contribution is 5.99. The maximum absolute atomic E-state index is 13.6. The van der Waals surface area contributed by atoms with Gasteiger partial charge >= 0.3 is 6.18 Å². The Kier molecular flexibility index (Phi) is 5.65. The number of carbonyl (C=O) groups is 1. The Morgan fingerprint density at radius 3 is 2.76 bits per heavy atom. The third-order valence-electron chi connectivity index (χ3n) is 6.39. The minimum absolute atomic E-state index is 0.0707. The first-order valence-corrected chi connectivity index (χ1v) is 11.0. The van der Waals surface area contributed by atoms with E-state index in [9.17, 15) is 18.0 Å². The number of nitrogens with two attached hydrogens (primary N) is 1. The fourth-order valence-corrected chi connectivity index (χ4v) is 4.56. The Hall–Kier alpha value is -3.24. The zero-order valence-electron chi connectivity index (χ0n) is 18.4. The van der Waals surface area contributed by atoms with Gasteiger partial charge in [0.1, 0.15) is 5.82 Å². The number of carbonyl (C=O) groups excluding carboxylic acids is 1. The maximum atomic E-state index is 13.6. The first kappa shape index (κ1) is 22.5. The predicted molar refractivity (Wildman–Crippen MR) is 118 cm³/mol. The van der Waals surface area contributed by atoms with Crippen LogP contribution in [0.1, 0.15) is 52.2 Å². The SMILES string of the molecule is C[C@H]1OCc2c1c(N)nc1ccc(C(=O)N(Cc3ccc(C(F)(F)F)cn3)[C@H]3CCOC3)cc21. The van der Waals surface area contributed by atoms with Crippen LogP contribution in [0, 0.1) is 0 Å². The smallest absolute Gasteiger partial charge is 0.383 e. The highest BCUT2D eigenvalue weighted by Gasteiger charge is 2.32. The van der Waals surface area contributed by atoms with E-state index in [-0.39, 0.29) is 24.6 Å². The molecule has 10 heteroatoms. The van der Waals surface area contributed by atoms with E-state index in [2.05, 4.69) is 9.97 Å². The molecule has 2 atom stereocenters. The van der Waals surface area contributed by atoms with Crippen LogP contribution in [0.3, 0.4) is 0 Å². The number of rotatable bonds is 4. The van der Waals surface area contributed by atoms with Gasteiger partial charge in [-0.2, -0.15) is 13.2 Å². The number of nitrogens with zero attached hydrogens (tertiary/aromatic N) is 3. The fraction of sp³-hybridized carbons (Fsp3) is 0.375. The highest BCUT2D eigenvalue weighted by Crippen LogP contribution is 2.38. The largest absolute Gasteiger partial charge is 0.417 e. The van der Waals surface area contributed by atoms with E-state index in [0.29, 0.717) is 48.8 Å². The van der Waals surface area contributed by atoms with E-state index in [1.165, 1.54) is 6.07 Å². The molecule has 0 unspecified atom stereocenters. The van der Waals surface area contributed by atoms with Crippen molar-refractivity contribution in [3.8, 4) is 0 Å². The minimum atomic E-state index is -4.47. The quantitative estimate of drug-likeness (QED) is 0.611. The molecule has 4 heterocycles. The van der Waals surface area contributed by atoms with Gasteiger partial charge < -0.3 is 20.1 Å². The molecule has 178 valence electrons. The summed E-state index contributed by atoms with van der Waals surface area (Å²) in [4.78, 5) is 23.7. The van der Waals surface area contributed by atoms with E-state index in [1.54, 1.807) is 23.1 Å². The Morgan fingerprint density at radius 2 is 2.09 bits per heavy atom. The summed E-state index contributed by atoms with van der Waals surface area (Å²) >= 11 is 0. The van der Waals surface area contributed by atoms with Gasteiger partial charge in [-0.15, -0.1) is 0 Å². The van der Waals surface area contributed by atoms with E-state index < -0.39 is 11.7 Å². The zero-order chi connectivity index (χ0) is 24.0. The third kappa shape index (κ3) is 4.07. The molecule has 1 amide bonds. The molecule has 0 aliphatic carbocycles. The van der Waals surface area contributed by atoms with Crippen LogP contribution >= 0.6 is 0 Å². The van der Waals surface area contributed by atoms with Crippen LogP contribution in [-0.4, -0.2) is 40.0 Å². The second kappa shape index (κ2) is 8.52.